The average Bonchev–Trinajstić information content (AvgIpc) is 3.18. The fourth-order valence-corrected chi connectivity index (χ4v) is 4.18. The van der Waals surface area contributed by atoms with Crippen LogP contribution >= 0.6 is 0 Å². The number of piperazine rings is 1. The first kappa shape index (κ1) is 17.9. The maximum Gasteiger partial charge on any atom is 0.227 e. The van der Waals surface area contributed by atoms with Crippen LogP contribution in [0.2, 0.25) is 0 Å². The maximum absolute atomic E-state index is 13.0. The molecule has 0 unspecified atom stereocenters. The highest BCUT2D eigenvalue weighted by Gasteiger charge is 2.22. The minimum Gasteiger partial charge on any atom is -0.464 e. The summed E-state index contributed by atoms with van der Waals surface area (Å²) in [7, 11) is 0. The van der Waals surface area contributed by atoms with Crippen molar-refractivity contribution in [2.45, 2.75) is 13.0 Å². The highest BCUT2D eigenvalue weighted by Crippen LogP contribution is 2.30. The molecule has 5 nitrogen and oxygen atoms in total. The van der Waals surface area contributed by atoms with E-state index in [0.717, 1.165) is 54.6 Å². The van der Waals surface area contributed by atoms with Crippen LogP contribution in [-0.4, -0.2) is 46.9 Å². The summed E-state index contributed by atoms with van der Waals surface area (Å²) in [6.45, 7) is 4.22. The molecule has 0 atom stereocenters. The first-order chi connectivity index (χ1) is 14.3. The van der Waals surface area contributed by atoms with Crippen LogP contribution in [0.15, 0.2) is 71.6 Å². The molecule has 1 fully saturated rings. The van der Waals surface area contributed by atoms with Gasteiger partial charge < -0.3 is 9.32 Å². The van der Waals surface area contributed by atoms with Crippen molar-refractivity contribution in [2.75, 3.05) is 26.2 Å². The van der Waals surface area contributed by atoms with E-state index < -0.39 is 0 Å². The number of carbonyl (C=O) groups is 1. The third kappa shape index (κ3) is 3.61. The largest absolute Gasteiger partial charge is 0.464 e. The number of pyridine rings is 1. The van der Waals surface area contributed by atoms with Gasteiger partial charge in [0.05, 0.1) is 12.7 Å². The number of benzene rings is 2. The summed E-state index contributed by atoms with van der Waals surface area (Å²) in [5.41, 5.74) is 3.08. The highest BCUT2D eigenvalue weighted by atomic mass is 16.3. The first-order valence-electron chi connectivity index (χ1n) is 10.0. The summed E-state index contributed by atoms with van der Waals surface area (Å²) in [5, 5.41) is 3.37. The Morgan fingerprint density at radius 1 is 0.966 bits per heavy atom. The molecular formula is C24H23N3O2. The molecule has 1 amide bonds. The lowest BCUT2D eigenvalue weighted by Crippen LogP contribution is -2.48. The van der Waals surface area contributed by atoms with Gasteiger partial charge in [0.25, 0.3) is 0 Å². The topological polar surface area (TPSA) is 49.6 Å². The van der Waals surface area contributed by atoms with Gasteiger partial charge in [0, 0.05) is 56.1 Å². The van der Waals surface area contributed by atoms with E-state index in [1.165, 1.54) is 10.9 Å². The average molecular weight is 385 g/mol. The summed E-state index contributed by atoms with van der Waals surface area (Å²) in [4.78, 5) is 21.4. The van der Waals surface area contributed by atoms with Crippen molar-refractivity contribution >= 4 is 27.6 Å². The van der Waals surface area contributed by atoms with E-state index >= 15 is 0 Å². The predicted octanol–water partition coefficient (Wildman–Crippen LogP) is 3.87. The Bertz CT molecular complexity index is 1140. The van der Waals surface area contributed by atoms with Crippen molar-refractivity contribution in [1.82, 2.24) is 14.8 Å². The zero-order chi connectivity index (χ0) is 19.6. The Kier molecular flexibility index (Phi) is 4.74. The van der Waals surface area contributed by atoms with Gasteiger partial charge >= 0.3 is 0 Å². The molecule has 1 aliphatic rings. The van der Waals surface area contributed by atoms with E-state index in [2.05, 4.69) is 28.1 Å². The highest BCUT2D eigenvalue weighted by molar-refractivity contribution is 6.08. The van der Waals surface area contributed by atoms with Gasteiger partial charge in [0.2, 0.25) is 5.91 Å². The molecule has 0 bridgehead atoms. The Morgan fingerprint density at radius 2 is 1.76 bits per heavy atom. The zero-order valence-corrected chi connectivity index (χ0v) is 16.3. The third-order valence-corrected chi connectivity index (χ3v) is 5.76. The fraction of sp³-hybridized carbons (Fsp3) is 0.250. The Labute approximate surface area is 169 Å². The fourth-order valence-electron chi connectivity index (χ4n) is 4.18. The summed E-state index contributed by atoms with van der Waals surface area (Å²) >= 11 is 0. The molecule has 0 saturated carbocycles. The van der Waals surface area contributed by atoms with Crippen LogP contribution < -0.4 is 0 Å². The first-order valence-corrected chi connectivity index (χ1v) is 10.0. The van der Waals surface area contributed by atoms with E-state index in [-0.39, 0.29) is 5.91 Å². The Morgan fingerprint density at radius 3 is 2.59 bits per heavy atom. The normalized spacial score (nSPS) is 15.2. The molecule has 0 spiro atoms. The molecule has 5 heteroatoms. The molecule has 146 valence electrons. The summed E-state index contributed by atoms with van der Waals surface area (Å²) in [5.74, 6) is 0.171. The number of carbonyl (C=O) groups excluding carboxylic acids is 1. The van der Waals surface area contributed by atoms with Crippen molar-refractivity contribution < 1.29 is 9.21 Å². The van der Waals surface area contributed by atoms with Crippen LogP contribution in [0.3, 0.4) is 0 Å². The van der Waals surface area contributed by atoms with Gasteiger partial charge in [-0.15, -0.1) is 0 Å². The zero-order valence-electron chi connectivity index (χ0n) is 16.3. The lowest BCUT2D eigenvalue weighted by atomic mass is 10.0. The second-order valence-electron chi connectivity index (χ2n) is 7.61. The molecule has 4 aromatic rings. The number of amides is 1. The number of fused-ring (bicyclic) bond motifs is 3. The van der Waals surface area contributed by atoms with Crippen molar-refractivity contribution in [3.63, 3.8) is 0 Å². The van der Waals surface area contributed by atoms with Gasteiger partial charge in [0.1, 0.15) is 5.58 Å². The predicted molar refractivity (Wildman–Crippen MR) is 114 cm³/mol. The molecule has 29 heavy (non-hydrogen) atoms. The van der Waals surface area contributed by atoms with E-state index in [0.29, 0.717) is 6.42 Å². The minimum atomic E-state index is 0.171. The van der Waals surface area contributed by atoms with E-state index in [1.807, 2.05) is 47.6 Å². The molecule has 1 aliphatic heterocycles. The Hall–Kier alpha value is -3.18. The van der Waals surface area contributed by atoms with Crippen molar-refractivity contribution in [3.8, 4) is 0 Å². The molecule has 0 aliphatic carbocycles. The monoisotopic (exact) mass is 385 g/mol. The number of hydrogen-bond donors (Lipinski definition) is 0. The molecule has 1 saturated heterocycles. The SMILES string of the molecule is O=C(Cc1coc2ccc3ccccc3c12)N1CCN(Cc2ccncc2)CC1. The molecule has 0 N–H and O–H groups in total. The maximum atomic E-state index is 13.0. The standard InChI is InChI=1S/C24H23N3O2/c28-23(27-13-11-26(12-14-27)16-18-7-9-25-10-8-18)15-20-17-29-22-6-5-19-3-1-2-4-21(19)24(20)22/h1-10,17H,11-16H2. The van der Waals surface area contributed by atoms with Crippen LogP contribution in [0.1, 0.15) is 11.1 Å². The van der Waals surface area contributed by atoms with Gasteiger partial charge in [0.15, 0.2) is 0 Å². The van der Waals surface area contributed by atoms with Crippen molar-refractivity contribution in [2.24, 2.45) is 0 Å². The number of furan rings is 1. The second-order valence-corrected chi connectivity index (χ2v) is 7.61. The third-order valence-electron chi connectivity index (χ3n) is 5.76. The van der Waals surface area contributed by atoms with Gasteiger partial charge in [-0.3, -0.25) is 14.7 Å². The van der Waals surface area contributed by atoms with E-state index in [1.54, 1.807) is 6.26 Å². The van der Waals surface area contributed by atoms with Crippen LogP contribution in [0.4, 0.5) is 0 Å². The lowest BCUT2D eigenvalue weighted by Gasteiger charge is -2.34. The van der Waals surface area contributed by atoms with Crippen LogP contribution in [0, 0.1) is 0 Å². The van der Waals surface area contributed by atoms with Gasteiger partial charge in [-0.25, -0.2) is 0 Å². The molecule has 5 rings (SSSR count). The second kappa shape index (κ2) is 7.68. The van der Waals surface area contributed by atoms with Gasteiger partial charge in [-0.05, 0) is 34.5 Å². The van der Waals surface area contributed by atoms with E-state index in [4.69, 9.17) is 4.42 Å². The Balaban J connectivity index is 1.27. The quantitative estimate of drug-likeness (QED) is 0.535. The molecule has 0 radical (unpaired) electrons. The van der Waals surface area contributed by atoms with Crippen LogP contribution in [0.5, 0.6) is 0 Å². The van der Waals surface area contributed by atoms with E-state index in [9.17, 15) is 4.79 Å². The summed E-state index contributed by atoms with van der Waals surface area (Å²) < 4.78 is 5.74. The number of aromatic nitrogens is 1. The molecule has 2 aromatic carbocycles. The van der Waals surface area contributed by atoms with Crippen LogP contribution in [0.25, 0.3) is 21.7 Å². The van der Waals surface area contributed by atoms with Crippen molar-refractivity contribution in [1.29, 1.82) is 0 Å². The van der Waals surface area contributed by atoms with Crippen molar-refractivity contribution in [3.05, 3.63) is 78.3 Å². The summed E-state index contributed by atoms with van der Waals surface area (Å²) in [6, 6.07) is 16.4. The molecular weight excluding hydrogens is 362 g/mol. The molecule has 2 aromatic heterocycles. The lowest BCUT2D eigenvalue weighted by molar-refractivity contribution is -0.132. The van der Waals surface area contributed by atoms with Gasteiger partial charge in [-0.1, -0.05) is 30.3 Å². The smallest absolute Gasteiger partial charge is 0.227 e. The summed E-state index contributed by atoms with van der Waals surface area (Å²) in [6.07, 6.45) is 5.78. The molecule has 3 heterocycles. The van der Waals surface area contributed by atoms with Crippen LogP contribution in [-0.2, 0) is 17.8 Å². The number of rotatable bonds is 4. The van der Waals surface area contributed by atoms with Gasteiger partial charge in [-0.2, -0.15) is 0 Å². The number of hydrogen-bond acceptors (Lipinski definition) is 4. The number of nitrogens with zero attached hydrogens (tertiary/aromatic N) is 3. The minimum absolute atomic E-state index is 0.171.